The summed E-state index contributed by atoms with van der Waals surface area (Å²) in [5.41, 5.74) is 0. The molecule has 0 radical (unpaired) electrons. The lowest BCUT2D eigenvalue weighted by Gasteiger charge is -2.01. The van der Waals surface area contributed by atoms with Gasteiger partial charge in [0.25, 0.3) is 0 Å². The summed E-state index contributed by atoms with van der Waals surface area (Å²) in [6.45, 7) is 5.45. The number of allylic oxidation sites excluding steroid dienone is 1. The summed E-state index contributed by atoms with van der Waals surface area (Å²) in [4.78, 5) is 21.3. The fourth-order valence-electron chi connectivity index (χ4n) is 0.595. The van der Waals surface area contributed by atoms with Gasteiger partial charge >= 0.3 is 5.97 Å². The number of hydrogen-bond donors (Lipinski definition) is 1. The Morgan fingerprint density at radius 1 is 1.54 bits per heavy atom. The van der Waals surface area contributed by atoms with E-state index in [0.717, 1.165) is 6.08 Å². The lowest BCUT2D eigenvalue weighted by Crippen LogP contribution is -2.26. The number of ether oxygens (including phenoxy) is 1. The van der Waals surface area contributed by atoms with Crippen LogP contribution in [0.3, 0.4) is 0 Å². The van der Waals surface area contributed by atoms with Gasteiger partial charge in [0.05, 0.1) is 6.54 Å². The minimum Gasteiger partial charge on any atom is -0.461 e. The first kappa shape index (κ1) is 11.4. The maximum atomic E-state index is 10.8. The first-order valence-corrected chi connectivity index (χ1v) is 3.90. The van der Waals surface area contributed by atoms with Crippen LogP contribution in [0, 0.1) is 0 Å². The zero-order chi connectivity index (χ0) is 10.1. The highest BCUT2D eigenvalue weighted by atomic mass is 16.5. The van der Waals surface area contributed by atoms with Crippen molar-refractivity contribution in [2.75, 3.05) is 13.2 Å². The van der Waals surface area contributed by atoms with Gasteiger partial charge in [-0.1, -0.05) is 12.7 Å². The van der Waals surface area contributed by atoms with Crippen molar-refractivity contribution in [1.82, 2.24) is 5.32 Å². The van der Waals surface area contributed by atoms with Crippen LogP contribution in [0.15, 0.2) is 24.8 Å². The largest absolute Gasteiger partial charge is 0.461 e. The molecule has 0 bridgehead atoms. The topological polar surface area (TPSA) is 55.4 Å². The average Bonchev–Trinajstić information content (AvgIpc) is 2.12. The molecule has 1 N–H and O–H groups in total. The lowest BCUT2D eigenvalue weighted by molar-refractivity contribution is -0.138. The van der Waals surface area contributed by atoms with Crippen molar-refractivity contribution in [3.63, 3.8) is 0 Å². The SMILES string of the molecule is C=CC(=O)OCCNC(=O)C=CC. The third-order valence-electron chi connectivity index (χ3n) is 1.13. The molecular formula is C9H13NO3. The van der Waals surface area contributed by atoms with Gasteiger partial charge in [-0.3, -0.25) is 4.79 Å². The van der Waals surface area contributed by atoms with E-state index in [2.05, 4.69) is 16.6 Å². The van der Waals surface area contributed by atoms with E-state index >= 15 is 0 Å². The Bertz CT molecular complexity index is 221. The molecule has 0 rings (SSSR count). The Balaban J connectivity index is 3.40. The highest BCUT2D eigenvalue weighted by Crippen LogP contribution is 1.78. The Morgan fingerprint density at radius 3 is 2.77 bits per heavy atom. The van der Waals surface area contributed by atoms with Gasteiger partial charge in [-0.25, -0.2) is 4.79 Å². The third-order valence-corrected chi connectivity index (χ3v) is 1.13. The van der Waals surface area contributed by atoms with Crippen LogP contribution in [0.2, 0.25) is 0 Å². The molecule has 0 fully saturated rings. The molecule has 0 saturated heterocycles. The highest BCUT2D eigenvalue weighted by Gasteiger charge is 1.96. The van der Waals surface area contributed by atoms with Crippen molar-refractivity contribution >= 4 is 11.9 Å². The van der Waals surface area contributed by atoms with Gasteiger partial charge in [0.1, 0.15) is 6.61 Å². The molecule has 0 aliphatic rings. The summed E-state index contributed by atoms with van der Waals surface area (Å²) >= 11 is 0. The fourth-order valence-corrected chi connectivity index (χ4v) is 0.595. The number of carbonyl (C=O) groups excluding carboxylic acids is 2. The molecular weight excluding hydrogens is 170 g/mol. The van der Waals surface area contributed by atoms with Gasteiger partial charge in [0.2, 0.25) is 5.91 Å². The van der Waals surface area contributed by atoms with Crippen LogP contribution >= 0.6 is 0 Å². The Morgan fingerprint density at radius 2 is 2.23 bits per heavy atom. The number of hydrogen-bond acceptors (Lipinski definition) is 3. The van der Waals surface area contributed by atoms with Gasteiger partial charge in [-0.2, -0.15) is 0 Å². The second-order valence-electron chi connectivity index (χ2n) is 2.16. The average molecular weight is 183 g/mol. The predicted molar refractivity (Wildman–Crippen MR) is 49.0 cm³/mol. The minimum absolute atomic E-state index is 0.161. The van der Waals surface area contributed by atoms with E-state index in [-0.39, 0.29) is 12.5 Å². The number of carbonyl (C=O) groups is 2. The predicted octanol–water partition coefficient (Wildman–Crippen LogP) is 0.408. The molecule has 1 amide bonds. The Hall–Kier alpha value is -1.58. The van der Waals surface area contributed by atoms with E-state index in [0.29, 0.717) is 6.54 Å². The molecule has 0 aromatic heterocycles. The molecule has 0 spiro atoms. The smallest absolute Gasteiger partial charge is 0.330 e. The molecule has 0 aliphatic heterocycles. The zero-order valence-electron chi connectivity index (χ0n) is 7.58. The number of nitrogens with one attached hydrogen (secondary N) is 1. The van der Waals surface area contributed by atoms with E-state index in [1.165, 1.54) is 6.08 Å². The summed E-state index contributed by atoms with van der Waals surface area (Å²) in [7, 11) is 0. The maximum absolute atomic E-state index is 10.8. The van der Waals surface area contributed by atoms with E-state index in [1.54, 1.807) is 13.0 Å². The van der Waals surface area contributed by atoms with Crippen molar-refractivity contribution in [3.8, 4) is 0 Å². The Kier molecular flexibility index (Phi) is 6.23. The summed E-state index contributed by atoms with van der Waals surface area (Å²) < 4.78 is 4.62. The first-order valence-electron chi connectivity index (χ1n) is 3.90. The van der Waals surface area contributed by atoms with Crippen LogP contribution in [0.25, 0.3) is 0 Å². The monoisotopic (exact) mass is 183 g/mol. The molecule has 0 aliphatic carbocycles. The normalized spacial score (nSPS) is 9.62. The molecule has 0 unspecified atom stereocenters. The van der Waals surface area contributed by atoms with E-state index < -0.39 is 5.97 Å². The second kappa shape index (κ2) is 7.09. The number of amides is 1. The molecule has 0 aromatic carbocycles. The summed E-state index contributed by atoms with van der Waals surface area (Å²) in [6, 6.07) is 0. The fraction of sp³-hybridized carbons (Fsp3) is 0.333. The summed E-state index contributed by atoms with van der Waals surface area (Å²) in [6.07, 6.45) is 4.11. The number of rotatable bonds is 5. The van der Waals surface area contributed by atoms with Crippen LogP contribution in [-0.2, 0) is 14.3 Å². The first-order chi connectivity index (χ1) is 6.20. The van der Waals surface area contributed by atoms with Crippen LogP contribution in [0.4, 0.5) is 0 Å². The molecule has 0 aromatic rings. The summed E-state index contributed by atoms with van der Waals surface area (Å²) in [5, 5.41) is 2.53. The zero-order valence-corrected chi connectivity index (χ0v) is 7.58. The molecule has 0 saturated carbocycles. The van der Waals surface area contributed by atoms with Crippen molar-refractivity contribution in [2.45, 2.75) is 6.92 Å². The third kappa shape index (κ3) is 6.80. The minimum atomic E-state index is -0.486. The van der Waals surface area contributed by atoms with Gasteiger partial charge in [0.15, 0.2) is 0 Å². The van der Waals surface area contributed by atoms with Crippen molar-refractivity contribution in [2.24, 2.45) is 0 Å². The molecule has 0 atom stereocenters. The van der Waals surface area contributed by atoms with Gasteiger partial charge in [0, 0.05) is 6.08 Å². The van der Waals surface area contributed by atoms with Crippen LogP contribution in [0.5, 0.6) is 0 Å². The quantitative estimate of drug-likeness (QED) is 0.381. The molecule has 4 heteroatoms. The van der Waals surface area contributed by atoms with Gasteiger partial charge in [-0.15, -0.1) is 0 Å². The van der Waals surface area contributed by atoms with Crippen molar-refractivity contribution < 1.29 is 14.3 Å². The standard InChI is InChI=1S/C9H13NO3/c1-3-5-8(11)10-6-7-13-9(12)4-2/h3-5H,2,6-7H2,1H3,(H,10,11). The van der Waals surface area contributed by atoms with E-state index in [1.807, 2.05) is 0 Å². The molecule has 4 nitrogen and oxygen atoms in total. The second-order valence-corrected chi connectivity index (χ2v) is 2.16. The van der Waals surface area contributed by atoms with Crippen LogP contribution < -0.4 is 5.32 Å². The van der Waals surface area contributed by atoms with E-state index in [9.17, 15) is 9.59 Å². The van der Waals surface area contributed by atoms with E-state index in [4.69, 9.17) is 0 Å². The number of esters is 1. The van der Waals surface area contributed by atoms with Crippen molar-refractivity contribution in [3.05, 3.63) is 24.8 Å². The van der Waals surface area contributed by atoms with Crippen LogP contribution in [0.1, 0.15) is 6.92 Å². The van der Waals surface area contributed by atoms with Gasteiger partial charge in [-0.05, 0) is 13.0 Å². The highest BCUT2D eigenvalue weighted by molar-refractivity contribution is 5.87. The van der Waals surface area contributed by atoms with Gasteiger partial charge < -0.3 is 10.1 Å². The lowest BCUT2D eigenvalue weighted by atomic mass is 10.5. The molecule has 0 heterocycles. The summed E-state index contributed by atoms with van der Waals surface area (Å²) in [5.74, 6) is -0.683. The van der Waals surface area contributed by atoms with Crippen molar-refractivity contribution in [1.29, 1.82) is 0 Å². The Labute approximate surface area is 77.3 Å². The molecule has 72 valence electrons. The maximum Gasteiger partial charge on any atom is 0.330 e. The molecule has 13 heavy (non-hydrogen) atoms. The van der Waals surface area contributed by atoms with Crippen LogP contribution in [-0.4, -0.2) is 25.0 Å².